The zero-order valence-electron chi connectivity index (χ0n) is 16.3. The predicted octanol–water partition coefficient (Wildman–Crippen LogP) is 1.88. The molecule has 1 amide bonds. The number of likely N-dealkylation sites (N-methyl/N-ethyl adjacent to an activating group) is 1. The number of amides is 1. The number of benzene rings is 1. The van der Waals surface area contributed by atoms with Crippen LogP contribution in [0.3, 0.4) is 0 Å². The number of aromatic nitrogens is 2. The maximum Gasteiger partial charge on any atom is 0.244 e. The summed E-state index contributed by atoms with van der Waals surface area (Å²) in [5.74, 6) is 1.11. The Morgan fingerprint density at radius 2 is 1.96 bits per heavy atom. The van der Waals surface area contributed by atoms with Crippen molar-refractivity contribution in [3.05, 3.63) is 36.0 Å². The van der Waals surface area contributed by atoms with Crippen molar-refractivity contribution in [1.29, 1.82) is 0 Å². The van der Waals surface area contributed by atoms with Crippen LogP contribution in [-0.2, 0) is 14.8 Å². The fourth-order valence-corrected chi connectivity index (χ4v) is 4.44. The van der Waals surface area contributed by atoms with E-state index in [0.29, 0.717) is 30.4 Å². The van der Waals surface area contributed by atoms with Crippen LogP contribution in [0.15, 0.2) is 33.7 Å². The molecule has 152 valence electrons. The minimum atomic E-state index is -3.68. The summed E-state index contributed by atoms with van der Waals surface area (Å²) < 4.78 is 33.5. The number of nitrogens with one attached hydrogen (secondary N) is 2. The first-order valence-corrected chi connectivity index (χ1v) is 10.6. The fraction of sp³-hybridized carbons (Fsp3) is 0.500. The highest BCUT2D eigenvalue weighted by Gasteiger charge is 2.36. The molecule has 0 aliphatic carbocycles. The SMILES string of the molecule is CC(=O)Nc1ccc(S(=O)(=O)N[C@H]2C[C@@H](c3nc(C(C)C)no3)N(C)C2)cc1. The van der Waals surface area contributed by atoms with E-state index in [1.807, 2.05) is 25.8 Å². The number of likely N-dealkylation sites (tertiary alicyclic amines) is 1. The van der Waals surface area contributed by atoms with Crippen molar-refractivity contribution in [3.63, 3.8) is 0 Å². The van der Waals surface area contributed by atoms with Gasteiger partial charge in [-0.05, 0) is 37.7 Å². The monoisotopic (exact) mass is 407 g/mol. The second-order valence-corrected chi connectivity index (χ2v) is 9.07. The minimum absolute atomic E-state index is 0.130. The summed E-state index contributed by atoms with van der Waals surface area (Å²) in [5.41, 5.74) is 0.546. The number of carbonyl (C=O) groups is 1. The molecule has 10 heteroatoms. The lowest BCUT2D eigenvalue weighted by molar-refractivity contribution is -0.114. The molecule has 1 saturated heterocycles. The lowest BCUT2D eigenvalue weighted by atomic mass is 10.2. The second kappa shape index (κ2) is 7.98. The number of rotatable bonds is 6. The van der Waals surface area contributed by atoms with E-state index >= 15 is 0 Å². The highest BCUT2D eigenvalue weighted by molar-refractivity contribution is 7.89. The molecule has 1 fully saturated rings. The molecule has 9 nitrogen and oxygen atoms in total. The molecule has 1 aliphatic rings. The standard InChI is InChI=1S/C18H25N5O4S/c1-11(2)17-20-18(27-21-17)16-9-14(10-23(16)4)22-28(25,26)15-7-5-13(6-8-15)19-12(3)24/h5-8,11,14,16,22H,9-10H2,1-4H3,(H,19,24)/t14-,16-/m0/s1. The Balaban J connectivity index is 1.68. The van der Waals surface area contributed by atoms with E-state index in [1.165, 1.54) is 19.1 Å². The van der Waals surface area contributed by atoms with Crippen molar-refractivity contribution in [3.8, 4) is 0 Å². The van der Waals surface area contributed by atoms with Crippen molar-refractivity contribution >= 4 is 21.6 Å². The van der Waals surface area contributed by atoms with Gasteiger partial charge in [-0.3, -0.25) is 9.69 Å². The molecule has 2 heterocycles. The van der Waals surface area contributed by atoms with Crippen molar-refractivity contribution in [2.75, 3.05) is 18.9 Å². The predicted molar refractivity (Wildman–Crippen MR) is 103 cm³/mol. The quantitative estimate of drug-likeness (QED) is 0.750. The van der Waals surface area contributed by atoms with Gasteiger partial charge in [0, 0.05) is 31.1 Å². The van der Waals surface area contributed by atoms with Gasteiger partial charge in [0.15, 0.2) is 5.82 Å². The molecule has 0 saturated carbocycles. The second-order valence-electron chi connectivity index (χ2n) is 7.36. The van der Waals surface area contributed by atoms with Gasteiger partial charge in [-0.15, -0.1) is 0 Å². The van der Waals surface area contributed by atoms with E-state index in [0.717, 1.165) is 0 Å². The Hall–Kier alpha value is -2.30. The molecule has 0 radical (unpaired) electrons. The molecule has 0 bridgehead atoms. The number of carbonyl (C=O) groups excluding carboxylic acids is 1. The Morgan fingerprint density at radius 1 is 1.29 bits per heavy atom. The normalized spacial score (nSPS) is 20.6. The molecule has 28 heavy (non-hydrogen) atoms. The van der Waals surface area contributed by atoms with Gasteiger partial charge in [-0.2, -0.15) is 4.98 Å². The third kappa shape index (κ3) is 4.57. The molecule has 2 N–H and O–H groups in total. The molecule has 0 spiro atoms. The van der Waals surface area contributed by atoms with Gasteiger partial charge in [-0.25, -0.2) is 13.1 Å². The molecule has 3 rings (SSSR count). The van der Waals surface area contributed by atoms with Gasteiger partial charge in [0.25, 0.3) is 0 Å². The maximum atomic E-state index is 12.7. The van der Waals surface area contributed by atoms with Crippen LogP contribution in [0.25, 0.3) is 0 Å². The third-order valence-corrected chi connectivity index (χ3v) is 6.15. The van der Waals surface area contributed by atoms with Crippen LogP contribution in [0.1, 0.15) is 50.9 Å². The van der Waals surface area contributed by atoms with Crippen LogP contribution in [0.5, 0.6) is 0 Å². The van der Waals surface area contributed by atoms with E-state index in [1.54, 1.807) is 12.1 Å². The molecule has 1 aromatic heterocycles. The average molecular weight is 407 g/mol. The van der Waals surface area contributed by atoms with E-state index in [4.69, 9.17) is 4.52 Å². The molecule has 2 atom stereocenters. The molecular formula is C18H25N5O4S. The van der Waals surface area contributed by atoms with Gasteiger partial charge in [0.1, 0.15) is 0 Å². The first-order valence-electron chi connectivity index (χ1n) is 9.09. The van der Waals surface area contributed by atoms with Crippen molar-refractivity contribution in [1.82, 2.24) is 19.8 Å². The third-order valence-electron chi connectivity index (χ3n) is 4.61. The Morgan fingerprint density at radius 3 is 2.54 bits per heavy atom. The lowest BCUT2D eigenvalue weighted by Gasteiger charge is -2.14. The largest absolute Gasteiger partial charge is 0.338 e. The summed E-state index contributed by atoms with van der Waals surface area (Å²) in [7, 11) is -1.78. The number of anilines is 1. The van der Waals surface area contributed by atoms with E-state index in [2.05, 4.69) is 20.2 Å². The molecule has 1 aliphatic heterocycles. The summed E-state index contributed by atoms with van der Waals surface area (Å²) >= 11 is 0. The Bertz CT molecular complexity index is 939. The summed E-state index contributed by atoms with van der Waals surface area (Å²) in [6.07, 6.45) is 0.541. The molecular weight excluding hydrogens is 382 g/mol. The van der Waals surface area contributed by atoms with Crippen LogP contribution < -0.4 is 10.0 Å². The first-order chi connectivity index (χ1) is 13.2. The number of nitrogens with zero attached hydrogens (tertiary/aromatic N) is 3. The van der Waals surface area contributed by atoms with E-state index in [-0.39, 0.29) is 28.8 Å². The highest BCUT2D eigenvalue weighted by atomic mass is 32.2. The van der Waals surface area contributed by atoms with Crippen molar-refractivity contribution in [2.24, 2.45) is 0 Å². The highest BCUT2D eigenvalue weighted by Crippen LogP contribution is 2.31. The number of hydrogen-bond acceptors (Lipinski definition) is 7. The maximum absolute atomic E-state index is 12.7. The summed E-state index contributed by atoms with van der Waals surface area (Å²) in [6, 6.07) is 5.66. The van der Waals surface area contributed by atoms with Gasteiger partial charge >= 0.3 is 0 Å². The zero-order chi connectivity index (χ0) is 20.5. The lowest BCUT2D eigenvalue weighted by Crippen LogP contribution is -2.36. The zero-order valence-corrected chi connectivity index (χ0v) is 17.2. The van der Waals surface area contributed by atoms with Crippen molar-refractivity contribution < 1.29 is 17.7 Å². The first kappa shape index (κ1) is 20.4. The topological polar surface area (TPSA) is 117 Å². The van der Waals surface area contributed by atoms with Crippen LogP contribution in [0.2, 0.25) is 0 Å². The van der Waals surface area contributed by atoms with Crippen LogP contribution in [-0.4, -0.2) is 49.0 Å². The molecule has 1 aromatic carbocycles. The average Bonchev–Trinajstić information content (AvgIpc) is 3.21. The van der Waals surface area contributed by atoms with E-state index in [9.17, 15) is 13.2 Å². The van der Waals surface area contributed by atoms with Crippen LogP contribution >= 0.6 is 0 Å². The summed E-state index contributed by atoms with van der Waals surface area (Å²) in [5, 5.41) is 6.60. The minimum Gasteiger partial charge on any atom is -0.338 e. The van der Waals surface area contributed by atoms with Gasteiger partial charge < -0.3 is 9.84 Å². The van der Waals surface area contributed by atoms with Gasteiger partial charge in [0.2, 0.25) is 21.8 Å². The molecule has 2 aromatic rings. The Kier molecular flexibility index (Phi) is 5.82. The van der Waals surface area contributed by atoms with Crippen LogP contribution in [0.4, 0.5) is 5.69 Å². The van der Waals surface area contributed by atoms with Crippen LogP contribution in [0, 0.1) is 0 Å². The molecule has 0 unspecified atom stereocenters. The summed E-state index contributed by atoms with van der Waals surface area (Å²) in [4.78, 5) is 17.7. The van der Waals surface area contributed by atoms with Gasteiger partial charge in [0.05, 0.1) is 10.9 Å². The number of sulfonamides is 1. The fourth-order valence-electron chi connectivity index (χ4n) is 3.20. The smallest absolute Gasteiger partial charge is 0.244 e. The summed E-state index contributed by atoms with van der Waals surface area (Å²) in [6.45, 7) is 5.91. The number of hydrogen-bond donors (Lipinski definition) is 2. The Labute approximate surface area is 164 Å². The van der Waals surface area contributed by atoms with Gasteiger partial charge in [-0.1, -0.05) is 19.0 Å². The van der Waals surface area contributed by atoms with E-state index < -0.39 is 10.0 Å². The van der Waals surface area contributed by atoms with Crippen molar-refractivity contribution in [2.45, 2.75) is 50.1 Å².